The fourth-order valence-electron chi connectivity index (χ4n) is 2.90. The highest BCUT2D eigenvalue weighted by Gasteiger charge is 2.12. The Morgan fingerprint density at radius 2 is 1.28 bits per heavy atom. The predicted octanol–water partition coefficient (Wildman–Crippen LogP) is 4.66. The van der Waals surface area contributed by atoms with Gasteiger partial charge in [-0.2, -0.15) is 0 Å². The lowest BCUT2D eigenvalue weighted by atomic mass is 10.2. The Labute approximate surface area is 174 Å². The van der Waals surface area contributed by atoms with E-state index in [0.717, 1.165) is 0 Å². The third kappa shape index (κ3) is 4.21. The van der Waals surface area contributed by atoms with Gasteiger partial charge in [-0.1, -0.05) is 36.0 Å². The lowest BCUT2D eigenvalue weighted by Crippen LogP contribution is -2.09. The van der Waals surface area contributed by atoms with Crippen molar-refractivity contribution in [1.29, 1.82) is 0 Å². The van der Waals surface area contributed by atoms with Gasteiger partial charge >= 0.3 is 0 Å². The van der Waals surface area contributed by atoms with E-state index in [4.69, 9.17) is 8.83 Å². The van der Waals surface area contributed by atoms with Crippen molar-refractivity contribution < 1.29 is 13.0 Å². The number of para-hydroxylation sites is 2. The molecule has 29 heavy (non-hydrogen) atoms. The maximum absolute atomic E-state index is 11.9. The Morgan fingerprint density at radius 3 is 1.79 bits per heavy atom. The van der Waals surface area contributed by atoms with Crippen LogP contribution in [0.4, 0.5) is 0 Å². The molecule has 150 valence electrons. The van der Waals surface area contributed by atoms with Gasteiger partial charge in [0.15, 0.2) is 21.0 Å². The lowest BCUT2D eigenvalue weighted by Gasteiger charge is -2.03. The van der Waals surface area contributed by atoms with Gasteiger partial charge in [0.25, 0.3) is 0 Å². The molecule has 2 aromatic heterocycles. The summed E-state index contributed by atoms with van der Waals surface area (Å²) in [5.74, 6) is 0. The van der Waals surface area contributed by atoms with Crippen LogP contribution in [0, 0.1) is 13.8 Å². The first-order chi connectivity index (χ1) is 13.8. The second-order valence-electron chi connectivity index (χ2n) is 6.34. The maximum atomic E-state index is 11.9. The molecule has 0 N–H and O–H groups in total. The summed E-state index contributed by atoms with van der Waals surface area (Å²) in [6.45, 7) is 3.43. The van der Waals surface area contributed by atoms with Crippen molar-refractivity contribution in [2.24, 2.45) is 0 Å². The van der Waals surface area contributed by atoms with E-state index in [1.54, 1.807) is 44.2 Å². The Kier molecular flexibility index (Phi) is 6.39. The second kappa shape index (κ2) is 8.80. The molecule has 0 amide bonds. The molecule has 2 aromatic carbocycles. The minimum atomic E-state index is -1.27. The van der Waals surface area contributed by atoms with E-state index < -0.39 is 10.8 Å². The highest BCUT2D eigenvalue weighted by atomic mass is 32.2. The third-order valence-corrected chi connectivity index (χ3v) is 6.08. The molecule has 0 radical (unpaired) electrons. The average Bonchev–Trinajstić information content (AvgIpc) is 2.73. The van der Waals surface area contributed by atoms with Crippen molar-refractivity contribution in [2.75, 3.05) is 12.5 Å². The van der Waals surface area contributed by atoms with Crippen LogP contribution in [0.25, 0.3) is 21.9 Å². The number of benzene rings is 2. The molecule has 1 atom stereocenters. The zero-order valence-corrected chi connectivity index (χ0v) is 18.1. The monoisotopic (exact) mass is 428 g/mol. The van der Waals surface area contributed by atoms with Gasteiger partial charge in [-0.15, -0.1) is 0 Å². The highest BCUT2D eigenvalue weighted by molar-refractivity contribution is 7.98. The summed E-state index contributed by atoms with van der Waals surface area (Å²) in [7, 11) is -1.27. The van der Waals surface area contributed by atoms with Gasteiger partial charge in [-0.3, -0.25) is 13.8 Å². The zero-order valence-electron chi connectivity index (χ0n) is 16.5. The molecule has 0 aliphatic heterocycles. The molecule has 0 saturated carbocycles. The number of hydrogen-bond donors (Lipinski definition) is 0. The molecule has 1 unspecified atom stereocenters. The molecule has 0 aliphatic carbocycles. The van der Waals surface area contributed by atoms with Gasteiger partial charge in [-0.05, 0) is 44.4 Å². The topological polar surface area (TPSA) is 77.5 Å². The third-order valence-electron chi connectivity index (χ3n) is 4.41. The zero-order chi connectivity index (χ0) is 21.1. The predicted molar refractivity (Wildman–Crippen MR) is 119 cm³/mol. The summed E-state index contributed by atoms with van der Waals surface area (Å²) in [5, 5.41) is 2.15. The maximum Gasteiger partial charge on any atom is 0.197 e. The summed E-state index contributed by atoms with van der Waals surface area (Å²) in [6.07, 6.45) is 3.40. The van der Waals surface area contributed by atoms with E-state index in [0.29, 0.717) is 38.2 Å². The van der Waals surface area contributed by atoms with Crippen molar-refractivity contribution >= 4 is 44.5 Å². The van der Waals surface area contributed by atoms with E-state index in [-0.39, 0.29) is 15.9 Å². The number of fused-ring (bicyclic) bond motifs is 2. The Morgan fingerprint density at radius 1 is 0.793 bits per heavy atom. The van der Waals surface area contributed by atoms with E-state index in [1.165, 1.54) is 18.0 Å². The smallest absolute Gasteiger partial charge is 0.197 e. The van der Waals surface area contributed by atoms with Crippen LogP contribution in [0.1, 0.15) is 11.1 Å². The van der Waals surface area contributed by atoms with Crippen LogP contribution < -0.4 is 10.9 Å². The average molecular weight is 429 g/mol. The second-order valence-corrected chi connectivity index (χ2v) is 8.40. The summed E-state index contributed by atoms with van der Waals surface area (Å²) >= 11 is 1.46. The first-order valence-electron chi connectivity index (χ1n) is 8.77. The Hall–Kier alpha value is -2.64. The van der Waals surface area contributed by atoms with Crippen molar-refractivity contribution in [3.63, 3.8) is 0 Å². The van der Waals surface area contributed by atoms with E-state index in [9.17, 15) is 13.8 Å². The summed E-state index contributed by atoms with van der Waals surface area (Å²) in [4.78, 5) is 23.7. The number of thioether (sulfide) groups is 1. The van der Waals surface area contributed by atoms with Gasteiger partial charge in [-0.25, -0.2) is 0 Å². The fraction of sp³-hybridized carbons (Fsp3) is 0.182. The van der Waals surface area contributed by atoms with Crippen LogP contribution in [0.2, 0.25) is 0 Å². The molecule has 4 rings (SSSR count). The van der Waals surface area contributed by atoms with Crippen LogP contribution >= 0.6 is 11.8 Å². The van der Waals surface area contributed by atoms with Crippen molar-refractivity contribution in [1.82, 2.24) is 0 Å². The van der Waals surface area contributed by atoms with Crippen LogP contribution in [-0.2, 0) is 10.8 Å². The number of hydrogen-bond acceptors (Lipinski definition) is 6. The first-order valence-corrected chi connectivity index (χ1v) is 11.6. The van der Waals surface area contributed by atoms with Crippen LogP contribution in [0.5, 0.6) is 0 Å². The SMILES string of the molecule is CSc1oc2ccccc2c(=O)c1C.Cc1c(S(C)=O)oc2ccccc2c1=O. The molecule has 7 heteroatoms. The standard InChI is InChI=1S/C11H10O3S.C11H10O2S/c1-7-10(12)8-5-3-4-6-9(8)14-11(7)15(2)13;1-7-10(12)8-5-3-4-6-9(8)13-11(7)14-2/h3-6H,1-2H3;3-6H,1-2H3. The summed E-state index contributed by atoms with van der Waals surface area (Å²) < 4.78 is 22.4. The molecule has 4 aromatic rings. The minimum absolute atomic E-state index is 0.0659. The van der Waals surface area contributed by atoms with Crippen LogP contribution in [0.3, 0.4) is 0 Å². The van der Waals surface area contributed by atoms with Crippen molar-refractivity contribution in [3.05, 3.63) is 80.1 Å². The van der Waals surface area contributed by atoms with Gasteiger partial charge in [0.1, 0.15) is 11.2 Å². The summed E-state index contributed by atoms with van der Waals surface area (Å²) in [5.41, 5.74) is 2.22. The molecule has 0 spiro atoms. The largest absolute Gasteiger partial charge is 0.449 e. The number of rotatable bonds is 2. The molecular formula is C22H20O5S2. The Bertz CT molecular complexity index is 1330. The molecule has 0 fully saturated rings. The van der Waals surface area contributed by atoms with E-state index in [2.05, 4.69) is 0 Å². The van der Waals surface area contributed by atoms with Crippen molar-refractivity contribution in [2.45, 2.75) is 24.0 Å². The Balaban J connectivity index is 0.000000166. The molecular weight excluding hydrogens is 408 g/mol. The first kappa shape index (κ1) is 21.1. The fourth-order valence-corrected chi connectivity index (χ4v) is 4.20. The van der Waals surface area contributed by atoms with Crippen molar-refractivity contribution in [3.8, 4) is 0 Å². The lowest BCUT2D eigenvalue weighted by molar-refractivity contribution is 0.482. The van der Waals surface area contributed by atoms with E-state index >= 15 is 0 Å². The molecule has 0 saturated heterocycles. The molecule has 2 heterocycles. The van der Waals surface area contributed by atoms with Crippen LogP contribution in [-0.4, -0.2) is 16.7 Å². The van der Waals surface area contributed by atoms with Gasteiger partial charge in [0.05, 0.1) is 21.6 Å². The molecule has 0 bridgehead atoms. The highest BCUT2D eigenvalue weighted by Crippen LogP contribution is 2.22. The van der Waals surface area contributed by atoms with Crippen LogP contribution in [0.15, 0.2) is 77.1 Å². The minimum Gasteiger partial charge on any atom is -0.449 e. The molecule has 5 nitrogen and oxygen atoms in total. The normalized spacial score (nSPS) is 11.9. The summed E-state index contributed by atoms with van der Waals surface area (Å²) in [6, 6.07) is 14.3. The quantitative estimate of drug-likeness (QED) is 0.432. The van der Waals surface area contributed by atoms with Gasteiger partial charge < -0.3 is 8.83 Å². The van der Waals surface area contributed by atoms with Gasteiger partial charge in [0, 0.05) is 17.4 Å². The molecule has 0 aliphatic rings. The van der Waals surface area contributed by atoms with Gasteiger partial charge in [0.2, 0.25) is 0 Å². The van der Waals surface area contributed by atoms with E-state index in [1.807, 2.05) is 24.5 Å².